The zero-order valence-corrected chi connectivity index (χ0v) is 12.1. The normalized spacial score (nSPS) is 37.3. The maximum atomic E-state index is 12.1. The Bertz CT molecular complexity index is 462. The summed E-state index contributed by atoms with van der Waals surface area (Å²) in [5.74, 6) is 0. The molecule has 1 fully saturated rings. The lowest BCUT2D eigenvalue weighted by atomic mass is 10.1. The summed E-state index contributed by atoms with van der Waals surface area (Å²) in [5, 5.41) is 19.8. The molecule has 2 rings (SSSR count). The van der Waals surface area contributed by atoms with Crippen molar-refractivity contribution in [1.82, 2.24) is 9.80 Å². The number of amides is 2. The van der Waals surface area contributed by atoms with Gasteiger partial charge < -0.3 is 25.6 Å². The van der Waals surface area contributed by atoms with E-state index in [0.717, 1.165) is 4.90 Å². The lowest BCUT2D eigenvalue weighted by Crippen LogP contribution is -2.71. The van der Waals surface area contributed by atoms with Crippen molar-refractivity contribution in [2.75, 3.05) is 13.7 Å². The van der Waals surface area contributed by atoms with Gasteiger partial charge in [0.05, 0.1) is 0 Å². The molecule has 2 unspecified atom stereocenters. The third-order valence-electron chi connectivity index (χ3n) is 3.44. The summed E-state index contributed by atoms with van der Waals surface area (Å²) in [4.78, 5) is 24.9. The Balaban J connectivity index is 2.09. The molecule has 2 heterocycles. The Morgan fingerprint density at radius 3 is 2.81 bits per heavy atom. The molecule has 1 saturated heterocycles. The van der Waals surface area contributed by atoms with Gasteiger partial charge in [0.1, 0.15) is 24.9 Å². The molecule has 2 amide bonds. The van der Waals surface area contributed by atoms with E-state index in [2.05, 4.69) is 10.3 Å². The fraction of sp³-hybridized carbons (Fsp3) is 0.700. The number of carbonyl (C=O) groups excluding carboxylic acids is 1. The van der Waals surface area contributed by atoms with E-state index in [1.165, 1.54) is 18.1 Å². The smallest absolute Gasteiger partial charge is 0.488 e. The van der Waals surface area contributed by atoms with Crippen LogP contribution >= 0.6 is 8.25 Å². The first-order valence-electron chi connectivity index (χ1n) is 6.18. The molecule has 0 aromatic carbocycles. The number of quaternary nitrogens is 1. The lowest BCUT2D eigenvalue weighted by molar-refractivity contribution is -0.432. The largest absolute Gasteiger partial charge is 0.566 e. The van der Waals surface area contributed by atoms with Gasteiger partial charge in [0.2, 0.25) is 0 Å². The minimum atomic E-state index is -3.08. The van der Waals surface area contributed by atoms with Crippen LogP contribution in [0.1, 0.15) is 0 Å². The average molecular weight is 322 g/mol. The van der Waals surface area contributed by atoms with E-state index in [-0.39, 0.29) is 6.17 Å². The maximum absolute atomic E-state index is 12.1. The summed E-state index contributed by atoms with van der Waals surface area (Å²) in [5.41, 5.74) is 3.74. The first-order chi connectivity index (χ1) is 9.82. The third-order valence-corrected chi connectivity index (χ3v) is 3.80. The number of carbonyl (C=O) groups is 1. The van der Waals surface area contributed by atoms with Gasteiger partial charge in [0.25, 0.3) is 0 Å². The second-order valence-electron chi connectivity index (χ2n) is 4.78. The van der Waals surface area contributed by atoms with E-state index in [1.807, 2.05) is 0 Å². The standard InChI is InChI=1S/C10H16N3O7P/c1-12-6(11)2-3-13(10(12)16)9-8(15)7(14)5(20-9)4-19-21(17)18/h2-3,5-9,14-15H,4,11H2,1H3/p+1/t5-,6?,7-,8-,9-/m1/s1. The molecule has 6 atom stereocenters. The maximum Gasteiger partial charge on any atom is 0.488 e. The molecule has 118 valence electrons. The van der Waals surface area contributed by atoms with Crippen molar-refractivity contribution in [2.24, 2.45) is 0 Å². The highest BCUT2D eigenvalue weighted by atomic mass is 31.1. The van der Waals surface area contributed by atoms with Crippen LogP contribution in [0.25, 0.3) is 0 Å². The number of nitrogens with zero attached hydrogens (tertiary/aromatic N) is 2. The SMILES string of the molecule is CN1C(=O)N([C@@H]2O[C@H](CO[P+](=O)[O-])[C@@H](O)[C@H]2O)C=CC1[NH3+]. The van der Waals surface area contributed by atoms with Crippen LogP contribution in [0.2, 0.25) is 0 Å². The van der Waals surface area contributed by atoms with Gasteiger partial charge in [-0.1, -0.05) is 0 Å². The van der Waals surface area contributed by atoms with Gasteiger partial charge >= 0.3 is 14.3 Å². The third kappa shape index (κ3) is 3.22. The van der Waals surface area contributed by atoms with Gasteiger partial charge in [0.15, 0.2) is 12.4 Å². The Labute approximate surface area is 121 Å². The van der Waals surface area contributed by atoms with Gasteiger partial charge in [0, 0.05) is 19.3 Å². The summed E-state index contributed by atoms with van der Waals surface area (Å²) in [6.07, 6.45) is -2.24. The van der Waals surface area contributed by atoms with E-state index in [9.17, 15) is 24.5 Å². The predicted molar refractivity (Wildman–Crippen MR) is 65.0 cm³/mol. The Hall–Kier alpha value is -1.13. The van der Waals surface area contributed by atoms with Crippen molar-refractivity contribution < 1.29 is 39.5 Å². The number of aliphatic hydroxyl groups is 2. The van der Waals surface area contributed by atoms with Gasteiger partial charge in [-0.25, -0.2) is 4.79 Å². The summed E-state index contributed by atoms with van der Waals surface area (Å²) in [7, 11) is -1.55. The van der Waals surface area contributed by atoms with Crippen LogP contribution in [0.4, 0.5) is 4.79 Å². The molecule has 0 saturated carbocycles. The molecule has 0 radical (unpaired) electrons. The summed E-state index contributed by atoms with van der Waals surface area (Å²) in [6, 6.07) is -0.454. The second kappa shape index (κ2) is 6.32. The van der Waals surface area contributed by atoms with E-state index in [1.54, 1.807) is 6.08 Å². The van der Waals surface area contributed by atoms with Crippen LogP contribution in [0.3, 0.4) is 0 Å². The highest BCUT2D eigenvalue weighted by Crippen LogP contribution is 2.28. The lowest BCUT2D eigenvalue weighted by Gasteiger charge is -2.34. The molecule has 21 heavy (non-hydrogen) atoms. The Morgan fingerprint density at radius 1 is 1.52 bits per heavy atom. The highest BCUT2D eigenvalue weighted by Gasteiger charge is 2.48. The molecule has 10 nitrogen and oxygen atoms in total. The molecular formula is C10H17N3O7P+. The summed E-state index contributed by atoms with van der Waals surface area (Å²) < 4.78 is 20.1. The van der Waals surface area contributed by atoms with Crippen LogP contribution in [0.5, 0.6) is 0 Å². The second-order valence-corrected chi connectivity index (χ2v) is 5.48. The van der Waals surface area contributed by atoms with Crippen LogP contribution < -0.4 is 10.6 Å². The van der Waals surface area contributed by atoms with Crippen molar-refractivity contribution in [3.63, 3.8) is 0 Å². The molecule has 0 spiro atoms. The van der Waals surface area contributed by atoms with Crippen LogP contribution in [-0.2, 0) is 13.8 Å². The average Bonchev–Trinajstić information content (AvgIpc) is 2.71. The molecule has 0 aliphatic carbocycles. The number of aliphatic hydroxyl groups excluding tert-OH is 2. The molecule has 0 aromatic heterocycles. The highest BCUT2D eigenvalue weighted by molar-refractivity contribution is 7.30. The molecule has 2 aliphatic rings. The number of hydrogen-bond acceptors (Lipinski definition) is 7. The van der Waals surface area contributed by atoms with Crippen molar-refractivity contribution in [2.45, 2.75) is 30.7 Å². The molecule has 0 aromatic rings. The first-order valence-corrected chi connectivity index (χ1v) is 7.28. The zero-order chi connectivity index (χ0) is 15.7. The van der Waals surface area contributed by atoms with Crippen molar-refractivity contribution in [3.8, 4) is 0 Å². The molecule has 2 aliphatic heterocycles. The fourth-order valence-electron chi connectivity index (χ4n) is 2.13. The number of ether oxygens (including phenoxy) is 1. The number of urea groups is 1. The topological polar surface area (TPSA) is 150 Å². The quantitative estimate of drug-likeness (QED) is 0.464. The van der Waals surface area contributed by atoms with E-state index < -0.39 is 45.4 Å². The molecule has 11 heteroatoms. The molecular weight excluding hydrogens is 305 g/mol. The van der Waals surface area contributed by atoms with Crippen molar-refractivity contribution >= 4 is 14.3 Å². The number of rotatable bonds is 4. The van der Waals surface area contributed by atoms with Crippen molar-refractivity contribution in [1.29, 1.82) is 0 Å². The van der Waals surface area contributed by atoms with Gasteiger partial charge in [-0.05, 0) is 4.57 Å². The predicted octanol–water partition coefficient (Wildman–Crippen LogP) is -3.08. The van der Waals surface area contributed by atoms with Gasteiger partial charge in [-0.2, -0.15) is 0 Å². The number of likely N-dealkylation sites (N-methyl/N-ethyl adjacent to an activating group) is 1. The van der Waals surface area contributed by atoms with Crippen LogP contribution in [-0.4, -0.2) is 70.4 Å². The minimum Gasteiger partial charge on any atom is -0.566 e. The van der Waals surface area contributed by atoms with Crippen LogP contribution in [0, 0.1) is 0 Å². The monoisotopic (exact) mass is 322 g/mol. The van der Waals surface area contributed by atoms with E-state index >= 15 is 0 Å². The molecule has 0 bridgehead atoms. The molecule has 5 N–H and O–H groups in total. The first kappa shape index (κ1) is 16.2. The minimum absolute atomic E-state index is 0.346. The van der Waals surface area contributed by atoms with Crippen molar-refractivity contribution in [3.05, 3.63) is 12.3 Å². The summed E-state index contributed by atoms with van der Waals surface area (Å²) >= 11 is 0. The zero-order valence-electron chi connectivity index (χ0n) is 11.2. The van der Waals surface area contributed by atoms with Crippen LogP contribution in [0.15, 0.2) is 12.3 Å². The fourth-order valence-corrected chi connectivity index (χ4v) is 2.40. The van der Waals surface area contributed by atoms with E-state index in [4.69, 9.17) is 4.74 Å². The Morgan fingerprint density at radius 2 is 2.19 bits per heavy atom. The van der Waals surface area contributed by atoms with Gasteiger partial charge in [-0.15, -0.1) is 4.52 Å². The summed E-state index contributed by atoms with van der Waals surface area (Å²) in [6.45, 7) is -0.438. The van der Waals surface area contributed by atoms with Gasteiger partial charge in [-0.3, -0.25) is 9.80 Å². The van der Waals surface area contributed by atoms with E-state index in [0.29, 0.717) is 0 Å². The number of hydrogen-bond donors (Lipinski definition) is 3. The Kier molecular flexibility index (Phi) is 4.89.